The van der Waals surface area contributed by atoms with Crippen molar-refractivity contribution in [1.29, 1.82) is 0 Å². The van der Waals surface area contributed by atoms with Crippen LogP contribution in [0.15, 0.2) is 0 Å². The quantitative estimate of drug-likeness (QED) is 0.786. The second kappa shape index (κ2) is 4.02. The molecule has 0 bridgehead atoms. The van der Waals surface area contributed by atoms with Crippen LogP contribution in [0, 0.1) is 0 Å². The van der Waals surface area contributed by atoms with Gasteiger partial charge in [-0.15, -0.1) is 11.3 Å². The largest absolute Gasteiger partial charge is 0.357 e. The van der Waals surface area contributed by atoms with Gasteiger partial charge < -0.3 is 5.32 Å². The molecule has 2 nitrogen and oxygen atoms in total. The Morgan fingerprint density at radius 1 is 1.19 bits per heavy atom. The number of aromatic nitrogens is 1. The minimum absolute atomic E-state index is 0.104. The maximum absolute atomic E-state index is 4.77. The van der Waals surface area contributed by atoms with E-state index < -0.39 is 0 Å². The molecule has 0 spiro atoms. The van der Waals surface area contributed by atoms with E-state index in [9.17, 15) is 0 Å². The molecule has 0 amide bonds. The molecule has 1 aliphatic carbocycles. The van der Waals surface area contributed by atoms with Crippen LogP contribution in [-0.4, -0.2) is 10.5 Å². The predicted molar refractivity (Wildman–Crippen MR) is 71.6 cm³/mol. The Labute approximate surface area is 102 Å². The molecule has 0 aliphatic heterocycles. The molecule has 16 heavy (non-hydrogen) atoms. The minimum Gasteiger partial charge on any atom is -0.357 e. The van der Waals surface area contributed by atoms with Crippen molar-refractivity contribution in [1.82, 2.24) is 4.98 Å². The standard InChI is InChI=1S/C13H22N2S/c1-8-6-7-9(2)11-10(8)14-12(16-11)15-13(3,4)5/h8-9H,6-7H2,1-5H3,(H,14,15). The van der Waals surface area contributed by atoms with E-state index >= 15 is 0 Å². The molecule has 2 unspecified atom stereocenters. The van der Waals surface area contributed by atoms with Crippen LogP contribution in [0.25, 0.3) is 0 Å². The number of nitrogens with one attached hydrogen (secondary N) is 1. The summed E-state index contributed by atoms with van der Waals surface area (Å²) in [4.78, 5) is 6.28. The lowest BCUT2D eigenvalue weighted by Gasteiger charge is -2.21. The van der Waals surface area contributed by atoms with E-state index in [1.165, 1.54) is 23.4 Å². The fourth-order valence-corrected chi connectivity index (χ4v) is 3.57. The fraction of sp³-hybridized carbons (Fsp3) is 0.769. The van der Waals surface area contributed by atoms with Crippen LogP contribution in [0.5, 0.6) is 0 Å². The summed E-state index contributed by atoms with van der Waals surface area (Å²) in [5, 5.41) is 4.58. The van der Waals surface area contributed by atoms with Gasteiger partial charge >= 0.3 is 0 Å². The number of rotatable bonds is 1. The summed E-state index contributed by atoms with van der Waals surface area (Å²) in [5.74, 6) is 1.33. The highest BCUT2D eigenvalue weighted by Gasteiger charge is 2.27. The first-order chi connectivity index (χ1) is 7.37. The van der Waals surface area contributed by atoms with Gasteiger partial charge in [0.15, 0.2) is 5.13 Å². The van der Waals surface area contributed by atoms with Gasteiger partial charge in [-0.1, -0.05) is 13.8 Å². The van der Waals surface area contributed by atoms with Crippen molar-refractivity contribution in [2.45, 2.75) is 64.8 Å². The molecular formula is C13H22N2S. The van der Waals surface area contributed by atoms with E-state index in [2.05, 4.69) is 39.9 Å². The third kappa shape index (κ3) is 2.40. The fourth-order valence-electron chi connectivity index (χ4n) is 2.19. The molecule has 0 saturated heterocycles. The molecular weight excluding hydrogens is 216 g/mol. The van der Waals surface area contributed by atoms with Crippen molar-refractivity contribution in [3.63, 3.8) is 0 Å². The SMILES string of the molecule is CC1CCC(C)c2sc(NC(C)(C)C)nc21. The van der Waals surface area contributed by atoms with E-state index in [1.807, 2.05) is 11.3 Å². The lowest BCUT2D eigenvalue weighted by atomic mass is 9.86. The van der Waals surface area contributed by atoms with Gasteiger partial charge in [0.1, 0.15) is 0 Å². The zero-order chi connectivity index (χ0) is 11.9. The predicted octanol–water partition coefficient (Wildman–Crippen LogP) is 4.35. The normalized spacial score (nSPS) is 25.3. The number of fused-ring (bicyclic) bond motifs is 1. The average Bonchev–Trinajstić information content (AvgIpc) is 2.53. The van der Waals surface area contributed by atoms with Crippen LogP contribution in [0.3, 0.4) is 0 Å². The molecule has 1 heterocycles. The van der Waals surface area contributed by atoms with Crippen molar-refractivity contribution in [2.24, 2.45) is 0 Å². The Balaban J connectivity index is 2.28. The highest BCUT2D eigenvalue weighted by atomic mass is 32.1. The van der Waals surface area contributed by atoms with Crippen LogP contribution in [0.2, 0.25) is 0 Å². The van der Waals surface area contributed by atoms with Crippen molar-refractivity contribution in [3.8, 4) is 0 Å². The van der Waals surface area contributed by atoms with E-state index in [0.717, 1.165) is 5.13 Å². The Kier molecular flexibility index (Phi) is 2.99. The Morgan fingerprint density at radius 2 is 1.81 bits per heavy atom. The van der Waals surface area contributed by atoms with Crippen LogP contribution in [0.1, 0.15) is 69.9 Å². The summed E-state index contributed by atoms with van der Waals surface area (Å²) in [5.41, 5.74) is 1.45. The maximum Gasteiger partial charge on any atom is 0.183 e. The summed E-state index contributed by atoms with van der Waals surface area (Å²) in [6.07, 6.45) is 2.60. The highest BCUT2D eigenvalue weighted by Crippen LogP contribution is 2.42. The van der Waals surface area contributed by atoms with Gasteiger partial charge in [-0.05, 0) is 45.4 Å². The molecule has 0 fully saturated rings. The van der Waals surface area contributed by atoms with E-state index in [4.69, 9.17) is 4.98 Å². The van der Waals surface area contributed by atoms with Crippen molar-refractivity contribution in [3.05, 3.63) is 10.6 Å². The minimum atomic E-state index is 0.104. The Morgan fingerprint density at radius 3 is 2.38 bits per heavy atom. The van der Waals surface area contributed by atoms with Crippen LogP contribution >= 0.6 is 11.3 Å². The summed E-state index contributed by atoms with van der Waals surface area (Å²) < 4.78 is 0. The molecule has 3 heteroatoms. The van der Waals surface area contributed by atoms with Gasteiger partial charge in [-0.25, -0.2) is 4.98 Å². The first kappa shape index (κ1) is 11.9. The third-order valence-corrected chi connectivity index (χ3v) is 4.33. The van der Waals surface area contributed by atoms with Crippen molar-refractivity contribution >= 4 is 16.5 Å². The second-order valence-electron chi connectivity index (χ2n) is 6.02. The molecule has 1 aromatic heterocycles. The molecule has 0 radical (unpaired) electrons. The Hall–Kier alpha value is -0.570. The first-order valence-corrected chi connectivity index (χ1v) is 6.97. The molecule has 2 atom stereocenters. The molecule has 0 aromatic carbocycles. The zero-order valence-corrected chi connectivity index (χ0v) is 11.7. The van der Waals surface area contributed by atoms with Crippen molar-refractivity contribution in [2.75, 3.05) is 5.32 Å². The van der Waals surface area contributed by atoms with Crippen LogP contribution in [-0.2, 0) is 0 Å². The summed E-state index contributed by atoms with van der Waals surface area (Å²) in [6.45, 7) is 11.2. The summed E-state index contributed by atoms with van der Waals surface area (Å²) >= 11 is 1.85. The monoisotopic (exact) mass is 238 g/mol. The van der Waals surface area contributed by atoms with Gasteiger partial charge in [0, 0.05) is 10.4 Å². The number of thiazole rings is 1. The zero-order valence-electron chi connectivity index (χ0n) is 10.9. The van der Waals surface area contributed by atoms with Crippen molar-refractivity contribution < 1.29 is 0 Å². The van der Waals surface area contributed by atoms with Crippen LogP contribution < -0.4 is 5.32 Å². The van der Waals surface area contributed by atoms with E-state index in [0.29, 0.717) is 11.8 Å². The molecule has 2 rings (SSSR count). The van der Waals surface area contributed by atoms with Gasteiger partial charge in [-0.2, -0.15) is 0 Å². The third-order valence-electron chi connectivity index (χ3n) is 3.11. The number of hydrogen-bond acceptors (Lipinski definition) is 3. The molecule has 0 saturated carbocycles. The highest BCUT2D eigenvalue weighted by molar-refractivity contribution is 7.15. The molecule has 90 valence electrons. The van der Waals surface area contributed by atoms with Gasteiger partial charge in [-0.3, -0.25) is 0 Å². The number of anilines is 1. The van der Waals surface area contributed by atoms with Gasteiger partial charge in [0.05, 0.1) is 5.69 Å². The topological polar surface area (TPSA) is 24.9 Å². The molecule has 1 aliphatic rings. The molecule has 1 aromatic rings. The van der Waals surface area contributed by atoms with Crippen LogP contribution in [0.4, 0.5) is 5.13 Å². The lowest BCUT2D eigenvalue weighted by Crippen LogP contribution is -2.25. The van der Waals surface area contributed by atoms with Gasteiger partial charge in [0.2, 0.25) is 0 Å². The van der Waals surface area contributed by atoms with E-state index in [-0.39, 0.29) is 5.54 Å². The summed E-state index contributed by atoms with van der Waals surface area (Å²) in [6, 6.07) is 0. The first-order valence-electron chi connectivity index (χ1n) is 6.15. The number of hydrogen-bond donors (Lipinski definition) is 1. The number of nitrogens with zero attached hydrogens (tertiary/aromatic N) is 1. The second-order valence-corrected chi connectivity index (χ2v) is 7.05. The van der Waals surface area contributed by atoms with E-state index in [1.54, 1.807) is 0 Å². The average molecular weight is 238 g/mol. The Bertz CT molecular complexity index is 348. The van der Waals surface area contributed by atoms with Gasteiger partial charge in [0.25, 0.3) is 0 Å². The lowest BCUT2D eigenvalue weighted by molar-refractivity contribution is 0.525. The maximum atomic E-state index is 4.77. The molecule has 1 N–H and O–H groups in total. The smallest absolute Gasteiger partial charge is 0.183 e. The summed E-state index contributed by atoms with van der Waals surface area (Å²) in [7, 11) is 0.